The van der Waals surface area contributed by atoms with Crippen molar-refractivity contribution in [3.8, 4) is 11.3 Å². The third-order valence-corrected chi connectivity index (χ3v) is 6.25. The van der Waals surface area contributed by atoms with E-state index >= 15 is 0 Å². The van der Waals surface area contributed by atoms with Gasteiger partial charge in [-0.3, -0.25) is 10.00 Å². The van der Waals surface area contributed by atoms with Gasteiger partial charge in [0.2, 0.25) is 0 Å². The lowest BCUT2D eigenvalue weighted by Crippen LogP contribution is -2.34. The summed E-state index contributed by atoms with van der Waals surface area (Å²) in [6, 6.07) is 10.4. The molecule has 0 amide bonds. The Kier molecular flexibility index (Phi) is 6.22. The van der Waals surface area contributed by atoms with E-state index in [4.69, 9.17) is 0 Å². The first kappa shape index (κ1) is 18.7. The second-order valence-electron chi connectivity index (χ2n) is 8.25. The van der Waals surface area contributed by atoms with Crippen LogP contribution in [0.2, 0.25) is 0 Å². The second-order valence-corrected chi connectivity index (χ2v) is 8.25. The Labute approximate surface area is 162 Å². The van der Waals surface area contributed by atoms with Crippen LogP contribution in [-0.2, 0) is 6.54 Å². The first-order valence-electron chi connectivity index (χ1n) is 10.5. The average Bonchev–Trinajstić information content (AvgIpc) is 3.22. The zero-order valence-corrected chi connectivity index (χ0v) is 16.2. The van der Waals surface area contributed by atoms with E-state index < -0.39 is 0 Å². The molecule has 2 aliphatic rings. The van der Waals surface area contributed by atoms with Crippen LogP contribution in [0.1, 0.15) is 31.2 Å². The normalized spacial score (nSPS) is 24.9. The van der Waals surface area contributed by atoms with Crippen LogP contribution >= 0.6 is 0 Å². The Hall–Kier alpha value is -1.69. The van der Waals surface area contributed by atoms with Gasteiger partial charge in [-0.05, 0) is 43.3 Å². The Morgan fingerprint density at radius 2 is 1.70 bits per heavy atom. The molecule has 5 nitrogen and oxygen atoms in total. The van der Waals surface area contributed by atoms with Gasteiger partial charge in [0, 0.05) is 38.3 Å². The van der Waals surface area contributed by atoms with Gasteiger partial charge in [0.25, 0.3) is 0 Å². The number of H-pyrrole nitrogens is 1. The number of likely N-dealkylation sites (tertiary alicyclic amines) is 2. The van der Waals surface area contributed by atoms with Crippen molar-refractivity contribution in [2.45, 2.75) is 32.2 Å². The summed E-state index contributed by atoms with van der Waals surface area (Å²) < 4.78 is 0. The molecule has 2 aliphatic heterocycles. The predicted octanol–water partition coefficient (Wildman–Crippen LogP) is 2.99. The van der Waals surface area contributed by atoms with E-state index in [1.807, 2.05) is 12.3 Å². The Morgan fingerprint density at radius 3 is 2.44 bits per heavy atom. The molecule has 0 bridgehead atoms. The molecule has 2 N–H and O–H groups in total. The molecule has 0 spiro atoms. The second kappa shape index (κ2) is 9.00. The third-order valence-electron chi connectivity index (χ3n) is 6.25. The minimum atomic E-state index is 0.298. The van der Waals surface area contributed by atoms with E-state index in [1.54, 1.807) is 0 Å². The van der Waals surface area contributed by atoms with Gasteiger partial charge >= 0.3 is 0 Å². The Balaban J connectivity index is 1.40. The van der Waals surface area contributed by atoms with E-state index in [0.29, 0.717) is 18.4 Å². The van der Waals surface area contributed by atoms with Gasteiger partial charge in [0.1, 0.15) is 0 Å². The minimum absolute atomic E-state index is 0.298. The summed E-state index contributed by atoms with van der Waals surface area (Å²) >= 11 is 0. The molecule has 3 heterocycles. The van der Waals surface area contributed by atoms with Crippen LogP contribution in [0, 0.1) is 11.8 Å². The summed E-state index contributed by atoms with van der Waals surface area (Å²) in [6.07, 6.45) is 7.36. The van der Waals surface area contributed by atoms with Crippen LogP contribution in [0.15, 0.2) is 36.5 Å². The number of hydrogen-bond donors (Lipinski definition) is 2. The van der Waals surface area contributed by atoms with E-state index in [1.165, 1.54) is 49.9 Å². The number of aromatic amines is 1. The molecule has 2 fully saturated rings. The van der Waals surface area contributed by atoms with Crippen LogP contribution in [0.3, 0.4) is 0 Å². The molecule has 2 saturated heterocycles. The number of nitrogens with one attached hydrogen (secondary N) is 1. The van der Waals surface area contributed by atoms with Gasteiger partial charge in [-0.2, -0.15) is 5.10 Å². The minimum Gasteiger partial charge on any atom is -0.396 e. The quantitative estimate of drug-likeness (QED) is 0.823. The molecule has 146 valence electrons. The van der Waals surface area contributed by atoms with Crippen molar-refractivity contribution in [2.75, 3.05) is 39.3 Å². The molecule has 2 unspecified atom stereocenters. The molecule has 0 saturated carbocycles. The predicted molar refractivity (Wildman–Crippen MR) is 108 cm³/mol. The number of rotatable bonds is 6. The molecule has 0 aliphatic carbocycles. The first-order chi connectivity index (χ1) is 13.3. The highest BCUT2D eigenvalue weighted by molar-refractivity contribution is 5.62. The fourth-order valence-corrected chi connectivity index (χ4v) is 4.76. The molecular weight excluding hydrogens is 336 g/mol. The topological polar surface area (TPSA) is 55.4 Å². The number of benzene rings is 1. The van der Waals surface area contributed by atoms with Gasteiger partial charge in [0.15, 0.2) is 0 Å². The van der Waals surface area contributed by atoms with Crippen LogP contribution in [0.4, 0.5) is 0 Å². The van der Waals surface area contributed by atoms with E-state index in [-0.39, 0.29) is 0 Å². The van der Waals surface area contributed by atoms with Crippen molar-refractivity contribution in [3.05, 3.63) is 42.1 Å². The molecular formula is C22H32N4O. The van der Waals surface area contributed by atoms with Crippen LogP contribution in [-0.4, -0.2) is 64.4 Å². The Morgan fingerprint density at radius 1 is 0.963 bits per heavy atom. The summed E-state index contributed by atoms with van der Waals surface area (Å²) in [5, 5.41) is 17.4. The lowest BCUT2D eigenvalue weighted by Gasteiger charge is -2.26. The van der Waals surface area contributed by atoms with Gasteiger partial charge in [-0.1, -0.05) is 43.2 Å². The van der Waals surface area contributed by atoms with E-state index in [9.17, 15) is 5.11 Å². The number of aromatic nitrogens is 2. The number of nitrogens with zero attached hydrogens (tertiary/aromatic N) is 3. The van der Waals surface area contributed by atoms with Crippen LogP contribution in [0.5, 0.6) is 0 Å². The summed E-state index contributed by atoms with van der Waals surface area (Å²) in [5.74, 6) is 0.959. The maximum atomic E-state index is 9.93. The highest BCUT2D eigenvalue weighted by Gasteiger charge is 2.33. The lowest BCUT2D eigenvalue weighted by molar-refractivity contribution is 0.165. The molecule has 1 aromatic carbocycles. The lowest BCUT2D eigenvalue weighted by atomic mass is 9.96. The maximum Gasteiger partial charge on any atom is 0.0695 e. The monoisotopic (exact) mass is 368 g/mol. The van der Waals surface area contributed by atoms with Crippen LogP contribution in [0.25, 0.3) is 11.3 Å². The van der Waals surface area contributed by atoms with Gasteiger partial charge in [-0.15, -0.1) is 0 Å². The summed E-state index contributed by atoms with van der Waals surface area (Å²) in [6.45, 7) is 6.84. The SMILES string of the molecule is OCC1CN(Cc2cn[nH]c2-c2ccccc2)CC1CN1CCCCCC1. The highest BCUT2D eigenvalue weighted by Crippen LogP contribution is 2.29. The Bertz CT molecular complexity index is 693. The zero-order chi connectivity index (χ0) is 18.5. The fourth-order valence-electron chi connectivity index (χ4n) is 4.76. The first-order valence-corrected chi connectivity index (χ1v) is 10.5. The number of aliphatic hydroxyl groups is 1. The summed E-state index contributed by atoms with van der Waals surface area (Å²) in [5.41, 5.74) is 3.55. The molecule has 27 heavy (non-hydrogen) atoms. The molecule has 4 rings (SSSR count). The smallest absolute Gasteiger partial charge is 0.0695 e. The van der Waals surface area contributed by atoms with Crippen molar-refractivity contribution in [2.24, 2.45) is 11.8 Å². The number of aliphatic hydroxyl groups excluding tert-OH is 1. The van der Waals surface area contributed by atoms with Crippen LogP contribution < -0.4 is 0 Å². The van der Waals surface area contributed by atoms with Crippen molar-refractivity contribution in [3.63, 3.8) is 0 Å². The zero-order valence-electron chi connectivity index (χ0n) is 16.2. The van der Waals surface area contributed by atoms with E-state index in [0.717, 1.165) is 31.9 Å². The average molecular weight is 369 g/mol. The molecule has 2 atom stereocenters. The molecule has 1 aromatic heterocycles. The van der Waals surface area contributed by atoms with Crippen molar-refractivity contribution >= 4 is 0 Å². The molecule has 2 aromatic rings. The largest absolute Gasteiger partial charge is 0.396 e. The highest BCUT2D eigenvalue weighted by atomic mass is 16.3. The third kappa shape index (κ3) is 4.60. The fraction of sp³-hybridized carbons (Fsp3) is 0.591. The van der Waals surface area contributed by atoms with E-state index in [2.05, 4.69) is 44.3 Å². The standard InChI is InChI=1S/C22H32N4O/c27-17-21-16-26(15-20(21)14-25-10-6-1-2-7-11-25)13-19-12-23-24-22(19)18-8-4-3-5-9-18/h3-5,8-9,12,20-21,27H,1-2,6-7,10-11,13-17H2,(H,23,24). The van der Waals surface area contributed by atoms with Gasteiger partial charge < -0.3 is 10.0 Å². The number of hydrogen-bond acceptors (Lipinski definition) is 4. The van der Waals surface area contributed by atoms with Crippen molar-refractivity contribution in [1.29, 1.82) is 0 Å². The van der Waals surface area contributed by atoms with Crippen molar-refractivity contribution < 1.29 is 5.11 Å². The molecule has 0 radical (unpaired) electrons. The summed E-state index contributed by atoms with van der Waals surface area (Å²) in [7, 11) is 0. The summed E-state index contributed by atoms with van der Waals surface area (Å²) in [4.78, 5) is 5.14. The van der Waals surface area contributed by atoms with Crippen molar-refractivity contribution in [1.82, 2.24) is 20.0 Å². The van der Waals surface area contributed by atoms with Gasteiger partial charge in [-0.25, -0.2) is 0 Å². The maximum absolute atomic E-state index is 9.93. The molecule has 5 heteroatoms. The van der Waals surface area contributed by atoms with Gasteiger partial charge in [0.05, 0.1) is 11.9 Å².